The highest BCUT2D eigenvalue weighted by molar-refractivity contribution is 7.12. The second-order valence-electron chi connectivity index (χ2n) is 5.63. The van der Waals surface area contributed by atoms with E-state index in [9.17, 15) is 9.59 Å². The van der Waals surface area contributed by atoms with Crippen LogP contribution in [0.2, 0.25) is 0 Å². The predicted molar refractivity (Wildman–Crippen MR) is 103 cm³/mol. The van der Waals surface area contributed by atoms with E-state index in [1.807, 2.05) is 41.8 Å². The van der Waals surface area contributed by atoms with Crippen molar-refractivity contribution in [2.75, 3.05) is 18.9 Å². The van der Waals surface area contributed by atoms with Gasteiger partial charge in [-0.2, -0.15) is 0 Å². The average molecular weight is 366 g/mol. The summed E-state index contributed by atoms with van der Waals surface area (Å²) in [7, 11) is 1.61. The topological polar surface area (TPSA) is 58.6 Å². The summed E-state index contributed by atoms with van der Waals surface area (Å²) in [5, 5.41) is 4.61. The molecule has 0 radical (unpaired) electrons. The predicted octanol–water partition coefficient (Wildman–Crippen LogP) is 4.25. The molecule has 1 aromatic heterocycles. The van der Waals surface area contributed by atoms with Gasteiger partial charge in [-0.05, 0) is 47.8 Å². The summed E-state index contributed by atoms with van der Waals surface area (Å²) in [6, 6.07) is 20.1. The molecule has 26 heavy (non-hydrogen) atoms. The van der Waals surface area contributed by atoms with Crippen molar-refractivity contribution in [2.24, 2.45) is 0 Å². The number of carbonyl (C=O) groups is 2. The van der Waals surface area contributed by atoms with Gasteiger partial charge in [-0.1, -0.05) is 24.3 Å². The molecule has 0 spiro atoms. The van der Waals surface area contributed by atoms with Gasteiger partial charge in [0.25, 0.3) is 5.91 Å². The molecule has 132 valence electrons. The van der Waals surface area contributed by atoms with Crippen LogP contribution in [-0.2, 0) is 4.79 Å². The van der Waals surface area contributed by atoms with Gasteiger partial charge in [0.2, 0.25) is 5.91 Å². The summed E-state index contributed by atoms with van der Waals surface area (Å²) < 4.78 is 5.71. The van der Waals surface area contributed by atoms with Crippen molar-refractivity contribution in [1.82, 2.24) is 4.90 Å². The molecule has 0 aliphatic rings. The minimum atomic E-state index is -0.255. The molecule has 2 aromatic carbocycles. The van der Waals surface area contributed by atoms with Gasteiger partial charge in [-0.25, -0.2) is 0 Å². The molecule has 0 aliphatic carbocycles. The number of nitrogens with one attached hydrogen (secondary N) is 1. The third-order valence-electron chi connectivity index (χ3n) is 3.58. The summed E-state index contributed by atoms with van der Waals surface area (Å²) in [6.07, 6.45) is 0. The Morgan fingerprint density at radius 2 is 1.65 bits per heavy atom. The fourth-order valence-electron chi connectivity index (χ4n) is 2.31. The van der Waals surface area contributed by atoms with Crippen molar-refractivity contribution in [3.8, 4) is 11.5 Å². The van der Waals surface area contributed by atoms with Gasteiger partial charge in [0.1, 0.15) is 11.5 Å². The lowest BCUT2D eigenvalue weighted by atomic mass is 10.3. The summed E-state index contributed by atoms with van der Waals surface area (Å²) >= 11 is 1.36. The van der Waals surface area contributed by atoms with Gasteiger partial charge in [0.15, 0.2) is 0 Å². The first kappa shape index (κ1) is 17.7. The maximum Gasteiger partial charge on any atom is 0.264 e. The van der Waals surface area contributed by atoms with E-state index in [2.05, 4.69) is 5.32 Å². The number of likely N-dealkylation sites (N-methyl/N-ethyl adjacent to an activating group) is 1. The van der Waals surface area contributed by atoms with Crippen LogP contribution in [0.5, 0.6) is 11.5 Å². The molecule has 0 unspecified atom stereocenters. The van der Waals surface area contributed by atoms with Crippen molar-refractivity contribution in [2.45, 2.75) is 0 Å². The van der Waals surface area contributed by atoms with Crippen LogP contribution in [0, 0.1) is 0 Å². The van der Waals surface area contributed by atoms with E-state index in [1.54, 1.807) is 37.4 Å². The summed E-state index contributed by atoms with van der Waals surface area (Å²) in [5.41, 5.74) is 0.646. The van der Waals surface area contributed by atoms with Crippen LogP contribution in [0.15, 0.2) is 72.1 Å². The van der Waals surface area contributed by atoms with Crippen molar-refractivity contribution >= 4 is 28.8 Å². The summed E-state index contributed by atoms with van der Waals surface area (Å²) in [6.45, 7) is -0.0149. The number of para-hydroxylation sites is 1. The average Bonchev–Trinajstić information content (AvgIpc) is 3.18. The molecule has 3 rings (SSSR count). The quantitative estimate of drug-likeness (QED) is 0.709. The highest BCUT2D eigenvalue weighted by Gasteiger charge is 2.15. The second kappa shape index (κ2) is 8.31. The second-order valence-corrected chi connectivity index (χ2v) is 6.57. The zero-order valence-corrected chi connectivity index (χ0v) is 15.0. The smallest absolute Gasteiger partial charge is 0.264 e. The normalized spacial score (nSPS) is 10.2. The molecule has 0 atom stereocenters. The van der Waals surface area contributed by atoms with Crippen LogP contribution in [0.25, 0.3) is 0 Å². The Morgan fingerprint density at radius 3 is 2.31 bits per heavy atom. The number of nitrogens with zero attached hydrogens (tertiary/aromatic N) is 1. The van der Waals surface area contributed by atoms with Gasteiger partial charge in [0.05, 0.1) is 11.4 Å². The van der Waals surface area contributed by atoms with Gasteiger partial charge in [0, 0.05) is 12.7 Å². The van der Waals surface area contributed by atoms with Crippen LogP contribution in [0.3, 0.4) is 0 Å². The molecular weight excluding hydrogens is 348 g/mol. The minimum absolute atomic E-state index is 0.0149. The van der Waals surface area contributed by atoms with Crippen molar-refractivity contribution in [3.05, 3.63) is 77.0 Å². The number of carbonyl (C=O) groups excluding carboxylic acids is 2. The first-order chi connectivity index (χ1) is 12.6. The zero-order valence-electron chi connectivity index (χ0n) is 14.2. The third-order valence-corrected chi connectivity index (χ3v) is 4.43. The van der Waals surface area contributed by atoms with E-state index in [-0.39, 0.29) is 18.4 Å². The number of rotatable bonds is 6. The van der Waals surface area contributed by atoms with Gasteiger partial charge >= 0.3 is 0 Å². The van der Waals surface area contributed by atoms with Crippen LogP contribution < -0.4 is 10.1 Å². The number of hydrogen-bond acceptors (Lipinski definition) is 4. The molecule has 0 bridgehead atoms. The zero-order chi connectivity index (χ0) is 18.4. The lowest BCUT2D eigenvalue weighted by molar-refractivity contribution is -0.116. The Hall–Kier alpha value is -3.12. The molecule has 1 N–H and O–H groups in total. The monoisotopic (exact) mass is 366 g/mol. The Kier molecular flexibility index (Phi) is 5.66. The molecule has 0 fully saturated rings. The van der Waals surface area contributed by atoms with Crippen molar-refractivity contribution < 1.29 is 14.3 Å². The summed E-state index contributed by atoms with van der Waals surface area (Å²) in [4.78, 5) is 26.3. The molecule has 6 heteroatoms. The van der Waals surface area contributed by atoms with E-state index in [4.69, 9.17) is 4.74 Å². The number of amides is 2. The van der Waals surface area contributed by atoms with Crippen LogP contribution in [0.4, 0.5) is 5.69 Å². The number of anilines is 1. The standard InChI is InChI=1S/C20H18N2O3S/c1-22(20(24)18-8-5-13-26-18)14-19(23)21-15-9-11-17(12-10-15)25-16-6-3-2-4-7-16/h2-13H,14H2,1H3,(H,21,23). The summed E-state index contributed by atoms with van der Waals surface area (Å²) in [5.74, 6) is 1.01. The SMILES string of the molecule is CN(CC(=O)Nc1ccc(Oc2ccccc2)cc1)C(=O)c1cccs1. The van der Waals surface area contributed by atoms with E-state index in [1.165, 1.54) is 16.2 Å². The van der Waals surface area contributed by atoms with E-state index >= 15 is 0 Å². The van der Waals surface area contributed by atoms with Crippen molar-refractivity contribution in [3.63, 3.8) is 0 Å². The molecule has 5 nitrogen and oxygen atoms in total. The lowest BCUT2D eigenvalue weighted by Crippen LogP contribution is -2.34. The van der Waals surface area contributed by atoms with E-state index in [0.29, 0.717) is 16.3 Å². The van der Waals surface area contributed by atoms with Gasteiger partial charge in [-0.15, -0.1) is 11.3 Å². The maximum absolute atomic E-state index is 12.2. The Labute approximate surface area is 155 Å². The number of ether oxygens (including phenoxy) is 1. The fourth-order valence-corrected chi connectivity index (χ4v) is 3.02. The number of thiophene rings is 1. The highest BCUT2D eigenvalue weighted by Crippen LogP contribution is 2.22. The van der Waals surface area contributed by atoms with Crippen molar-refractivity contribution in [1.29, 1.82) is 0 Å². The van der Waals surface area contributed by atoms with E-state index in [0.717, 1.165) is 5.75 Å². The van der Waals surface area contributed by atoms with Gasteiger partial charge < -0.3 is 15.0 Å². The van der Waals surface area contributed by atoms with Gasteiger partial charge in [-0.3, -0.25) is 9.59 Å². The molecule has 0 aliphatic heterocycles. The maximum atomic E-state index is 12.2. The first-order valence-electron chi connectivity index (χ1n) is 8.03. The van der Waals surface area contributed by atoms with Crippen LogP contribution >= 0.6 is 11.3 Å². The Morgan fingerprint density at radius 1 is 0.962 bits per heavy atom. The number of benzene rings is 2. The molecular formula is C20H18N2O3S. The largest absolute Gasteiger partial charge is 0.457 e. The molecule has 0 saturated carbocycles. The minimum Gasteiger partial charge on any atom is -0.457 e. The Balaban J connectivity index is 1.53. The highest BCUT2D eigenvalue weighted by atomic mass is 32.1. The molecule has 3 aromatic rings. The third kappa shape index (κ3) is 4.70. The number of hydrogen-bond donors (Lipinski definition) is 1. The van der Waals surface area contributed by atoms with Crippen LogP contribution in [-0.4, -0.2) is 30.3 Å². The van der Waals surface area contributed by atoms with E-state index < -0.39 is 0 Å². The molecule has 2 amide bonds. The Bertz CT molecular complexity index is 862. The lowest BCUT2D eigenvalue weighted by Gasteiger charge is -2.16. The first-order valence-corrected chi connectivity index (χ1v) is 8.91. The van der Waals surface area contributed by atoms with Crippen LogP contribution in [0.1, 0.15) is 9.67 Å². The molecule has 0 saturated heterocycles. The molecule has 1 heterocycles. The fraction of sp³-hybridized carbons (Fsp3) is 0.100.